The Balaban J connectivity index is 2.93. The van der Waals surface area contributed by atoms with Crippen LogP contribution < -0.4 is 5.73 Å². The normalized spacial score (nSPS) is 10.9. The molecule has 0 aliphatic carbocycles. The highest BCUT2D eigenvalue weighted by Crippen LogP contribution is 2.37. The van der Waals surface area contributed by atoms with Gasteiger partial charge in [0.1, 0.15) is 5.52 Å². The summed E-state index contributed by atoms with van der Waals surface area (Å²) in [6, 6.07) is 3.84. The number of nitrogens with zero attached hydrogens (tertiary/aromatic N) is 2. The third kappa shape index (κ3) is 1.62. The second-order valence-corrected chi connectivity index (χ2v) is 5.25. The average Bonchev–Trinajstić information content (AvgIpc) is 2.58. The van der Waals surface area contributed by atoms with Crippen LogP contribution in [0.3, 0.4) is 0 Å². The zero-order chi connectivity index (χ0) is 11.9. The number of hydrogen-bond acceptors (Lipinski definition) is 4. The van der Waals surface area contributed by atoms with E-state index in [-0.39, 0.29) is 5.92 Å². The Hall–Kier alpha value is -1.31. The highest BCUT2D eigenvalue weighted by molar-refractivity contribution is 7.22. The average molecular weight is 252 g/mol. The van der Waals surface area contributed by atoms with Crippen LogP contribution in [0.2, 0.25) is 5.02 Å². The van der Waals surface area contributed by atoms with E-state index in [4.69, 9.17) is 22.6 Å². The number of rotatable bonds is 1. The molecule has 0 radical (unpaired) electrons. The molecule has 2 aromatic rings. The number of nitrogens with two attached hydrogens (primary N) is 1. The summed E-state index contributed by atoms with van der Waals surface area (Å²) in [5, 5.41) is 10.1. The number of halogens is 1. The molecule has 0 unspecified atom stereocenters. The van der Waals surface area contributed by atoms with Gasteiger partial charge in [0, 0.05) is 0 Å². The van der Waals surface area contributed by atoms with Crippen LogP contribution in [-0.2, 0) is 0 Å². The molecule has 16 heavy (non-hydrogen) atoms. The lowest BCUT2D eigenvalue weighted by molar-refractivity contribution is 0.874. The molecule has 0 aliphatic heterocycles. The van der Waals surface area contributed by atoms with E-state index < -0.39 is 0 Å². The maximum atomic E-state index is 9.10. The lowest BCUT2D eigenvalue weighted by Crippen LogP contribution is -1.93. The van der Waals surface area contributed by atoms with Gasteiger partial charge in [0.15, 0.2) is 5.13 Å². The van der Waals surface area contributed by atoms with Crippen molar-refractivity contribution in [3.63, 3.8) is 0 Å². The van der Waals surface area contributed by atoms with Crippen molar-refractivity contribution >= 4 is 38.3 Å². The minimum atomic E-state index is 0.245. The third-order valence-corrected chi connectivity index (χ3v) is 3.58. The van der Waals surface area contributed by atoms with Crippen LogP contribution in [0.5, 0.6) is 0 Å². The van der Waals surface area contributed by atoms with Gasteiger partial charge in [0.05, 0.1) is 21.4 Å². The molecule has 0 saturated carbocycles. The van der Waals surface area contributed by atoms with Crippen LogP contribution in [-0.4, -0.2) is 4.98 Å². The zero-order valence-corrected chi connectivity index (χ0v) is 10.5. The van der Waals surface area contributed by atoms with Gasteiger partial charge < -0.3 is 5.73 Å². The lowest BCUT2D eigenvalue weighted by Gasteiger charge is -2.09. The van der Waals surface area contributed by atoms with Crippen molar-refractivity contribution in [1.29, 1.82) is 5.26 Å². The van der Waals surface area contributed by atoms with Crippen LogP contribution in [0.1, 0.15) is 30.9 Å². The molecule has 0 aliphatic rings. The first kappa shape index (κ1) is 11.2. The minimum absolute atomic E-state index is 0.245. The van der Waals surface area contributed by atoms with E-state index in [0.29, 0.717) is 21.2 Å². The molecule has 0 amide bonds. The second-order valence-electron chi connectivity index (χ2n) is 3.82. The van der Waals surface area contributed by atoms with Gasteiger partial charge in [0.2, 0.25) is 0 Å². The molecule has 5 heteroatoms. The van der Waals surface area contributed by atoms with Gasteiger partial charge >= 0.3 is 0 Å². The van der Waals surface area contributed by atoms with Crippen molar-refractivity contribution in [2.24, 2.45) is 0 Å². The molecule has 1 aromatic carbocycles. The third-order valence-electron chi connectivity index (χ3n) is 2.37. The van der Waals surface area contributed by atoms with Gasteiger partial charge in [0.25, 0.3) is 0 Å². The van der Waals surface area contributed by atoms with Crippen molar-refractivity contribution in [1.82, 2.24) is 4.98 Å². The number of nitrogen functional groups attached to an aromatic ring is 1. The molecule has 0 atom stereocenters. The highest BCUT2D eigenvalue weighted by atomic mass is 35.5. The fraction of sp³-hybridized carbons (Fsp3) is 0.273. The molecular weight excluding hydrogens is 242 g/mol. The quantitative estimate of drug-likeness (QED) is 0.843. The van der Waals surface area contributed by atoms with E-state index in [0.717, 1.165) is 10.3 Å². The Morgan fingerprint density at radius 3 is 2.81 bits per heavy atom. The van der Waals surface area contributed by atoms with Gasteiger partial charge in [-0.2, -0.15) is 5.26 Å². The first-order valence-electron chi connectivity index (χ1n) is 4.83. The Bertz CT molecular complexity index is 595. The molecule has 0 fully saturated rings. The minimum Gasteiger partial charge on any atom is -0.375 e. The summed E-state index contributed by atoms with van der Waals surface area (Å²) in [5.74, 6) is 0.245. The van der Waals surface area contributed by atoms with E-state index in [9.17, 15) is 0 Å². The molecule has 3 nitrogen and oxygen atoms in total. The Morgan fingerprint density at radius 2 is 2.25 bits per heavy atom. The van der Waals surface area contributed by atoms with Crippen LogP contribution >= 0.6 is 22.9 Å². The van der Waals surface area contributed by atoms with Gasteiger partial charge in [-0.1, -0.05) is 36.8 Å². The first-order valence-corrected chi connectivity index (χ1v) is 6.02. The van der Waals surface area contributed by atoms with Crippen LogP contribution in [0.4, 0.5) is 5.13 Å². The molecule has 1 aromatic heterocycles. The predicted octanol–water partition coefficient (Wildman–Crippen LogP) is 3.53. The van der Waals surface area contributed by atoms with Gasteiger partial charge in [-0.25, -0.2) is 4.98 Å². The van der Waals surface area contributed by atoms with Crippen LogP contribution in [0.25, 0.3) is 10.2 Å². The fourth-order valence-corrected chi connectivity index (χ4v) is 3.10. The fourth-order valence-electron chi connectivity index (χ4n) is 1.74. The lowest BCUT2D eigenvalue weighted by atomic mass is 9.97. The summed E-state index contributed by atoms with van der Waals surface area (Å²) >= 11 is 7.45. The summed E-state index contributed by atoms with van der Waals surface area (Å²) in [4.78, 5) is 4.19. The van der Waals surface area contributed by atoms with Gasteiger partial charge in [-0.15, -0.1) is 0 Å². The molecule has 2 rings (SSSR count). The monoisotopic (exact) mass is 251 g/mol. The molecule has 0 spiro atoms. The SMILES string of the molecule is CC(C)c1c(C#N)cc(Cl)c2nc(N)sc12. The van der Waals surface area contributed by atoms with E-state index in [1.807, 2.05) is 13.8 Å². The predicted molar refractivity (Wildman–Crippen MR) is 67.8 cm³/mol. The number of fused-ring (bicyclic) bond motifs is 1. The van der Waals surface area contributed by atoms with Crippen molar-refractivity contribution < 1.29 is 0 Å². The van der Waals surface area contributed by atoms with Gasteiger partial charge in [-0.3, -0.25) is 0 Å². The van der Waals surface area contributed by atoms with E-state index in [1.165, 1.54) is 11.3 Å². The first-order chi connectivity index (χ1) is 7.54. The number of aromatic nitrogens is 1. The number of nitriles is 1. The van der Waals surface area contributed by atoms with Crippen molar-refractivity contribution in [3.8, 4) is 6.07 Å². The smallest absolute Gasteiger partial charge is 0.181 e. The van der Waals surface area contributed by atoms with Crippen LogP contribution in [0.15, 0.2) is 6.07 Å². The highest BCUT2D eigenvalue weighted by Gasteiger charge is 2.17. The van der Waals surface area contributed by atoms with Crippen molar-refractivity contribution in [3.05, 3.63) is 22.2 Å². The summed E-state index contributed by atoms with van der Waals surface area (Å²) in [6.07, 6.45) is 0. The summed E-state index contributed by atoms with van der Waals surface area (Å²) in [5.41, 5.74) is 7.98. The molecular formula is C11H10ClN3S. The summed E-state index contributed by atoms with van der Waals surface area (Å²) in [6.45, 7) is 4.08. The summed E-state index contributed by atoms with van der Waals surface area (Å²) in [7, 11) is 0. The second kappa shape index (κ2) is 3.93. The maximum Gasteiger partial charge on any atom is 0.181 e. The largest absolute Gasteiger partial charge is 0.375 e. The standard InChI is InChI=1S/C11H10ClN3S/c1-5(2)8-6(4-13)3-7(12)9-10(8)16-11(14)15-9/h3,5H,1-2H3,(H2,14,15). The van der Waals surface area contributed by atoms with Gasteiger partial charge in [-0.05, 0) is 17.5 Å². The molecule has 0 bridgehead atoms. The summed E-state index contributed by atoms with van der Waals surface area (Å²) < 4.78 is 0.927. The van der Waals surface area contributed by atoms with Crippen LogP contribution in [0, 0.1) is 11.3 Å². The molecule has 0 saturated heterocycles. The number of thiazole rings is 1. The topological polar surface area (TPSA) is 62.7 Å². The Morgan fingerprint density at radius 1 is 1.56 bits per heavy atom. The maximum absolute atomic E-state index is 9.10. The number of anilines is 1. The van der Waals surface area contributed by atoms with E-state index >= 15 is 0 Å². The molecule has 82 valence electrons. The van der Waals surface area contributed by atoms with Crippen molar-refractivity contribution in [2.75, 3.05) is 5.73 Å². The zero-order valence-electron chi connectivity index (χ0n) is 8.91. The Labute approximate surface area is 102 Å². The molecule has 1 heterocycles. The number of benzene rings is 1. The Kier molecular flexibility index (Phi) is 2.75. The van der Waals surface area contributed by atoms with Crippen molar-refractivity contribution in [2.45, 2.75) is 19.8 Å². The van der Waals surface area contributed by atoms with E-state index in [2.05, 4.69) is 11.1 Å². The van der Waals surface area contributed by atoms with E-state index in [1.54, 1.807) is 6.07 Å². The molecule has 2 N–H and O–H groups in total. The number of hydrogen-bond donors (Lipinski definition) is 1.